The lowest BCUT2D eigenvalue weighted by Gasteiger charge is -2.16. The average Bonchev–Trinajstić information content (AvgIpc) is 3.28. The van der Waals surface area contributed by atoms with Crippen LogP contribution in [0.4, 0.5) is 5.00 Å². The van der Waals surface area contributed by atoms with Gasteiger partial charge in [0, 0.05) is 22.7 Å². The number of hydrogen-bond donors (Lipinski definition) is 1. The number of carbonyl (C=O) groups is 2. The molecule has 0 saturated carbocycles. The van der Waals surface area contributed by atoms with Gasteiger partial charge in [-0.1, -0.05) is 37.1 Å². The van der Waals surface area contributed by atoms with Gasteiger partial charge < -0.3 is 10.1 Å². The molecule has 0 radical (unpaired) electrons. The first kappa shape index (κ1) is 26.5. The van der Waals surface area contributed by atoms with Crippen LogP contribution >= 0.6 is 23.1 Å². The Morgan fingerprint density at radius 1 is 1.11 bits per heavy atom. The molecule has 1 aromatic carbocycles. The molecule has 5 rings (SSSR count). The van der Waals surface area contributed by atoms with Crippen LogP contribution in [-0.4, -0.2) is 29.2 Å². The van der Waals surface area contributed by atoms with Crippen LogP contribution in [0.25, 0.3) is 10.4 Å². The van der Waals surface area contributed by atoms with E-state index in [4.69, 9.17) is 9.72 Å². The van der Waals surface area contributed by atoms with Gasteiger partial charge in [0.1, 0.15) is 16.1 Å². The molecular weight excluding hydrogens is 514 g/mol. The number of benzene rings is 1. The van der Waals surface area contributed by atoms with Gasteiger partial charge in [0.25, 0.3) is 0 Å². The summed E-state index contributed by atoms with van der Waals surface area (Å²) >= 11 is 2.90. The van der Waals surface area contributed by atoms with E-state index in [2.05, 4.69) is 23.5 Å². The van der Waals surface area contributed by atoms with Gasteiger partial charge in [-0.2, -0.15) is 5.26 Å². The summed E-state index contributed by atoms with van der Waals surface area (Å²) in [4.78, 5) is 31.8. The van der Waals surface area contributed by atoms with Crippen molar-refractivity contribution in [3.8, 4) is 16.5 Å². The highest BCUT2D eigenvalue weighted by atomic mass is 32.2. The molecule has 0 unspecified atom stereocenters. The van der Waals surface area contributed by atoms with Gasteiger partial charge in [-0.25, -0.2) is 9.78 Å². The Bertz CT molecular complexity index is 1410. The Hall–Kier alpha value is -3.15. The van der Waals surface area contributed by atoms with E-state index in [1.807, 2.05) is 18.2 Å². The molecule has 1 N–H and O–H groups in total. The number of hydrogen-bond acceptors (Lipinski definition) is 7. The van der Waals surface area contributed by atoms with E-state index >= 15 is 0 Å². The van der Waals surface area contributed by atoms with E-state index in [9.17, 15) is 14.9 Å². The van der Waals surface area contributed by atoms with Crippen molar-refractivity contribution < 1.29 is 14.3 Å². The van der Waals surface area contributed by atoms with E-state index in [0.717, 1.165) is 60.2 Å². The van der Waals surface area contributed by atoms with Gasteiger partial charge in [0.05, 0.1) is 17.7 Å². The van der Waals surface area contributed by atoms with Crippen LogP contribution in [0.2, 0.25) is 0 Å². The first-order valence-corrected chi connectivity index (χ1v) is 15.2. The van der Waals surface area contributed by atoms with Gasteiger partial charge in [-0.05, 0) is 73.8 Å². The molecule has 0 bridgehead atoms. The number of thioether (sulfide) groups is 1. The molecule has 0 fully saturated rings. The molecule has 3 aromatic rings. The molecule has 2 heterocycles. The highest BCUT2D eigenvalue weighted by molar-refractivity contribution is 7.99. The Morgan fingerprint density at radius 2 is 1.92 bits per heavy atom. The molecule has 196 valence electrons. The van der Waals surface area contributed by atoms with Crippen LogP contribution in [0.3, 0.4) is 0 Å². The lowest BCUT2D eigenvalue weighted by atomic mass is 9.89. The van der Waals surface area contributed by atoms with Gasteiger partial charge in [0.2, 0.25) is 5.91 Å². The standard InChI is InChI=1S/C30H31N3O3S2/c1-2-36-30(35)26-23-14-13-19-9-7-8-11-22(19)27(23)38-29(26)33-25(34)15-16-37-28-21(18-31)17-20-10-5-3-4-6-12-24(20)32-28/h7-9,11,17H,2-6,10,12-16H2,1H3,(H,33,34). The van der Waals surface area contributed by atoms with Gasteiger partial charge in [-0.15, -0.1) is 23.1 Å². The number of aromatic nitrogens is 1. The largest absolute Gasteiger partial charge is 0.462 e. The Balaban J connectivity index is 1.31. The van der Waals surface area contributed by atoms with E-state index in [-0.39, 0.29) is 18.9 Å². The van der Waals surface area contributed by atoms with Crippen molar-refractivity contribution in [2.75, 3.05) is 17.7 Å². The van der Waals surface area contributed by atoms with Crippen molar-refractivity contribution in [1.29, 1.82) is 5.26 Å². The highest BCUT2D eigenvalue weighted by Crippen LogP contribution is 2.45. The molecule has 0 spiro atoms. The number of rotatable bonds is 7. The molecule has 2 aliphatic rings. The number of esters is 1. The lowest BCUT2D eigenvalue weighted by Crippen LogP contribution is -2.16. The summed E-state index contributed by atoms with van der Waals surface area (Å²) in [5, 5.41) is 14.0. The number of thiophene rings is 1. The van der Waals surface area contributed by atoms with Crippen LogP contribution in [-0.2, 0) is 35.2 Å². The molecule has 6 nitrogen and oxygen atoms in total. The summed E-state index contributed by atoms with van der Waals surface area (Å²) in [5.74, 6) is -0.0630. The Kier molecular flexibility index (Phi) is 8.45. The number of nitrogens with zero attached hydrogens (tertiary/aromatic N) is 2. The maximum Gasteiger partial charge on any atom is 0.341 e. The third kappa shape index (κ3) is 5.64. The number of nitrogens with one attached hydrogen (secondary N) is 1. The number of aryl methyl sites for hydroxylation is 3. The third-order valence-corrected chi connectivity index (χ3v) is 9.27. The summed E-state index contributed by atoms with van der Waals surface area (Å²) in [6.45, 7) is 2.06. The number of carbonyl (C=O) groups excluding carboxylic acids is 2. The zero-order chi connectivity index (χ0) is 26.5. The van der Waals surface area contributed by atoms with Crippen LogP contribution in [0.5, 0.6) is 0 Å². The number of fused-ring (bicyclic) bond motifs is 4. The normalized spacial score (nSPS) is 14.2. The third-order valence-electron chi connectivity index (χ3n) is 7.10. The minimum absolute atomic E-state index is 0.167. The molecule has 2 aromatic heterocycles. The predicted molar refractivity (Wildman–Crippen MR) is 152 cm³/mol. The predicted octanol–water partition coefficient (Wildman–Crippen LogP) is 6.74. The highest BCUT2D eigenvalue weighted by Gasteiger charge is 2.29. The zero-order valence-corrected chi connectivity index (χ0v) is 23.2. The van der Waals surface area contributed by atoms with Crippen molar-refractivity contribution in [2.45, 2.75) is 69.7 Å². The second kappa shape index (κ2) is 12.1. The molecule has 0 atom stereocenters. The fourth-order valence-corrected chi connectivity index (χ4v) is 7.47. The number of nitriles is 1. The van der Waals surface area contributed by atoms with Crippen molar-refractivity contribution >= 4 is 40.0 Å². The van der Waals surface area contributed by atoms with Crippen LogP contribution in [0, 0.1) is 11.3 Å². The summed E-state index contributed by atoms with van der Waals surface area (Å²) in [7, 11) is 0. The Morgan fingerprint density at radius 3 is 2.74 bits per heavy atom. The monoisotopic (exact) mass is 545 g/mol. The lowest BCUT2D eigenvalue weighted by molar-refractivity contribution is -0.115. The first-order valence-electron chi connectivity index (χ1n) is 13.4. The van der Waals surface area contributed by atoms with Crippen LogP contribution in [0.1, 0.15) is 77.3 Å². The van der Waals surface area contributed by atoms with E-state index in [1.54, 1.807) is 6.92 Å². The first-order chi connectivity index (χ1) is 18.6. The number of anilines is 1. The summed E-state index contributed by atoms with van der Waals surface area (Å²) in [6, 6.07) is 12.5. The minimum Gasteiger partial charge on any atom is -0.462 e. The van der Waals surface area contributed by atoms with E-state index in [0.29, 0.717) is 26.9 Å². The van der Waals surface area contributed by atoms with Crippen molar-refractivity contribution in [3.05, 3.63) is 63.8 Å². The molecule has 8 heteroatoms. The SMILES string of the molecule is CCOC(=O)c1c(NC(=O)CCSc2nc3c(cc2C#N)CCCCCC3)sc2c1CCc1ccccc1-2. The molecule has 0 saturated heterocycles. The topological polar surface area (TPSA) is 92.1 Å². The van der Waals surface area contributed by atoms with Crippen molar-refractivity contribution in [1.82, 2.24) is 4.98 Å². The summed E-state index contributed by atoms with van der Waals surface area (Å²) in [5.41, 5.74) is 6.69. The van der Waals surface area contributed by atoms with Crippen molar-refractivity contribution in [3.63, 3.8) is 0 Å². The number of pyridine rings is 1. The van der Waals surface area contributed by atoms with Crippen molar-refractivity contribution in [2.24, 2.45) is 0 Å². The quantitative estimate of drug-likeness (QED) is 0.261. The van der Waals surface area contributed by atoms with Crippen LogP contribution in [0.15, 0.2) is 35.4 Å². The van der Waals surface area contributed by atoms with Gasteiger partial charge in [-0.3, -0.25) is 4.79 Å². The van der Waals surface area contributed by atoms with Crippen LogP contribution < -0.4 is 5.32 Å². The van der Waals surface area contributed by atoms with E-state index in [1.165, 1.54) is 47.1 Å². The maximum absolute atomic E-state index is 13.0. The fraction of sp³-hybridized carbons (Fsp3) is 0.400. The average molecular weight is 546 g/mol. The molecular formula is C30H31N3O3S2. The smallest absolute Gasteiger partial charge is 0.341 e. The second-order valence-electron chi connectivity index (χ2n) is 9.61. The zero-order valence-electron chi connectivity index (χ0n) is 21.6. The van der Waals surface area contributed by atoms with E-state index < -0.39 is 5.97 Å². The summed E-state index contributed by atoms with van der Waals surface area (Å²) in [6.07, 6.45) is 8.46. The van der Waals surface area contributed by atoms with Gasteiger partial charge in [0.15, 0.2) is 0 Å². The maximum atomic E-state index is 13.0. The number of ether oxygens (including phenoxy) is 1. The fourth-order valence-electron chi connectivity index (χ4n) is 5.24. The molecule has 2 aliphatic carbocycles. The number of amides is 1. The molecule has 1 amide bonds. The minimum atomic E-state index is -0.391. The summed E-state index contributed by atoms with van der Waals surface area (Å²) < 4.78 is 5.36. The second-order valence-corrected chi connectivity index (χ2v) is 11.7. The molecule has 0 aliphatic heterocycles. The molecule has 38 heavy (non-hydrogen) atoms. The van der Waals surface area contributed by atoms with Gasteiger partial charge >= 0.3 is 5.97 Å². The Labute approximate surface area is 231 Å².